The molecule has 1 unspecified atom stereocenters. The van der Waals surface area contributed by atoms with Crippen LogP contribution in [0.25, 0.3) is 0 Å². The SMILES string of the molecule is CC1C(=O)NCCN1C(=O)c1ccc(I)cc1. The Labute approximate surface area is 114 Å². The zero-order chi connectivity index (χ0) is 12.4. The van der Waals surface area contributed by atoms with E-state index in [4.69, 9.17) is 0 Å². The quantitative estimate of drug-likeness (QED) is 0.780. The number of amides is 2. The third kappa shape index (κ3) is 2.59. The van der Waals surface area contributed by atoms with E-state index in [2.05, 4.69) is 27.9 Å². The van der Waals surface area contributed by atoms with Crippen LogP contribution >= 0.6 is 22.6 Å². The summed E-state index contributed by atoms with van der Waals surface area (Å²) in [5.41, 5.74) is 0.631. The molecule has 17 heavy (non-hydrogen) atoms. The summed E-state index contributed by atoms with van der Waals surface area (Å²) in [6, 6.07) is 6.98. The Morgan fingerprint density at radius 3 is 2.71 bits per heavy atom. The molecule has 0 spiro atoms. The molecule has 1 atom stereocenters. The molecule has 1 saturated heterocycles. The van der Waals surface area contributed by atoms with Gasteiger partial charge in [-0.15, -0.1) is 0 Å². The fourth-order valence-corrected chi connectivity index (χ4v) is 2.18. The van der Waals surface area contributed by atoms with Crippen molar-refractivity contribution in [2.75, 3.05) is 13.1 Å². The van der Waals surface area contributed by atoms with Crippen LogP contribution in [0.4, 0.5) is 0 Å². The number of benzene rings is 1. The van der Waals surface area contributed by atoms with Crippen molar-refractivity contribution in [3.05, 3.63) is 33.4 Å². The molecule has 1 aromatic rings. The van der Waals surface area contributed by atoms with E-state index in [9.17, 15) is 9.59 Å². The fourth-order valence-electron chi connectivity index (χ4n) is 1.82. The van der Waals surface area contributed by atoms with Crippen LogP contribution in [0.5, 0.6) is 0 Å². The highest BCUT2D eigenvalue weighted by Crippen LogP contribution is 2.13. The number of nitrogens with one attached hydrogen (secondary N) is 1. The van der Waals surface area contributed by atoms with E-state index in [1.54, 1.807) is 24.0 Å². The van der Waals surface area contributed by atoms with Gasteiger partial charge in [-0.3, -0.25) is 9.59 Å². The maximum atomic E-state index is 12.2. The first-order valence-electron chi connectivity index (χ1n) is 5.44. The Morgan fingerprint density at radius 1 is 1.41 bits per heavy atom. The molecule has 2 rings (SSSR count). The largest absolute Gasteiger partial charge is 0.353 e. The van der Waals surface area contributed by atoms with Crippen molar-refractivity contribution in [1.29, 1.82) is 0 Å². The second-order valence-electron chi connectivity index (χ2n) is 3.97. The Hall–Kier alpha value is -1.11. The van der Waals surface area contributed by atoms with Crippen molar-refractivity contribution in [3.63, 3.8) is 0 Å². The van der Waals surface area contributed by atoms with Gasteiger partial charge in [-0.05, 0) is 53.8 Å². The van der Waals surface area contributed by atoms with Crippen molar-refractivity contribution >= 4 is 34.4 Å². The summed E-state index contributed by atoms with van der Waals surface area (Å²) in [5.74, 6) is -0.168. The lowest BCUT2D eigenvalue weighted by Gasteiger charge is -2.32. The molecule has 1 N–H and O–H groups in total. The van der Waals surface area contributed by atoms with E-state index in [0.29, 0.717) is 18.7 Å². The number of nitrogens with zero attached hydrogens (tertiary/aromatic N) is 1. The number of hydrogen-bond donors (Lipinski definition) is 1. The molecule has 5 heteroatoms. The third-order valence-electron chi connectivity index (χ3n) is 2.85. The molecule has 1 heterocycles. The van der Waals surface area contributed by atoms with E-state index in [-0.39, 0.29) is 11.8 Å². The Bertz CT molecular complexity index is 444. The minimum atomic E-state index is -0.393. The molecule has 1 aromatic carbocycles. The van der Waals surface area contributed by atoms with E-state index >= 15 is 0 Å². The van der Waals surface area contributed by atoms with E-state index in [0.717, 1.165) is 3.57 Å². The summed E-state index contributed by atoms with van der Waals surface area (Å²) in [4.78, 5) is 25.3. The molecule has 0 aromatic heterocycles. The summed E-state index contributed by atoms with van der Waals surface area (Å²) in [6.07, 6.45) is 0. The lowest BCUT2D eigenvalue weighted by Crippen LogP contribution is -2.55. The third-order valence-corrected chi connectivity index (χ3v) is 3.57. The Kier molecular flexibility index (Phi) is 3.66. The van der Waals surface area contributed by atoms with Crippen LogP contribution < -0.4 is 5.32 Å². The molecule has 1 aliphatic heterocycles. The van der Waals surface area contributed by atoms with Crippen molar-refractivity contribution in [2.45, 2.75) is 13.0 Å². The Balaban J connectivity index is 2.19. The highest BCUT2D eigenvalue weighted by atomic mass is 127. The van der Waals surface area contributed by atoms with Gasteiger partial charge in [-0.1, -0.05) is 0 Å². The number of rotatable bonds is 1. The minimum absolute atomic E-state index is 0.0799. The van der Waals surface area contributed by atoms with Gasteiger partial charge in [0.05, 0.1) is 0 Å². The smallest absolute Gasteiger partial charge is 0.254 e. The molecule has 0 aliphatic carbocycles. The van der Waals surface area contributed by atoms with Crippen molar-refractivity contribution < 1.29 is 9.59 Å². The predicted octanol–water partition coefficient (Wildman–Crippen LogP) is 1.25. The van der Waals surface area contributed by atoms with Gasteiger partial charge in [0.2, 0.25) is 5.91 Å². The lowest BCUT2D eigenvalue weighted by molar-refractivity contribution is -0.127. The number of halogens is 1. The van der Waals surface area contributed by atoms with Crippen LogP contribution in [-0.2, 0) is 4.79 Å². The number of piperazine rings is 1. The summed E-state index contributed by atoms with van der Waals surface area (Å²) in [5, 5.41) is 2.74. The summed E-state index contributed by atoms with van der Waals surface area (Å²) in [7, 11) is 0. The highest BCUT2D eigenvalue weighted by molar-refractivity contribution is 14.1. The van der Waals surface area contributed by atoms with Gasteiger partial charge in [0.1, 0.15) is 6.04 Å². The molecule has 0 radical (unpaired) electrons. The summed E-state index contributed by atoms with van der Waals surface area (Å²) in [6.45, 7) is 2.84. The average Bonchev–Trinajstić information content (AvgIpc) is 2.33. The van der Waals surface area contributed by atoms with Gasteiger partial charge in [0.15, 0.2) is 0 Å². The van der Waals surface area contributed by atoms with Crippen LogP contribution in [0, 0.1) is 3.57 Å². The zero-order valence-electron chi connectivity index (χ0n) is 9.44. The molecular formula is C12H13IN2O2. The minimum Gasteiger partial charge on any atom is -0.353 e. The molecule has 1 aliphatic rings. The molecular weight excluding hydrogens is 331 g/mol. The monoisotopic (exact) mass is 344 g/mol. The second-order valence-corrected chi connectivity index (χ2v) is 5.22. The van der Waals surface area contributed by atoms with Gasteiger partial charge >= 0.3 is 0 Å². The van der Waals surface area contributed by atoms with Crippen molar-refractivity contribution in [1.82, 2.24) is 10.2 Å². The standard InChI is InChI=1S/C12H13IN2O2/c1-8-11(16)14-6-7-15(8)12(17)9-2-4-10(13)5-3-9/h2-5,8H,6-7H2,1H3,(H,14,16). The maximum Gasteiger partial charge on any atom is 0.254 e. The fraction of sp³-hybridized carbons (Fsp3) is 0.333. The van der Waals surface area contributed by atoms with Gasteiger partial charge < -0.3 is 10.2 Å². The predicted molar refractivity (Wildman–Crippen MR) is 72.7 cm³/mol. The highest BCUT2D eigenvalue weighted by Gasteiger charge is 2.29. The molecule has 4 nitrogen and oxygen atoms in total. The van der Waals surface area contributed by atoms with Crippen LogP contribution in [0.15, 0.2) is 24.3 Å². The number of carbonyl (C=O) groups is 2. The summed E-state index contributed by atoms with van der Waals surface area (Å²) < 4.78 is 1.09. The van der Waals surface area contributed by atoms with Gasteiger partial charge in [0.25, 0.3) is 5.91 Å². The van der Waals surface area contributed by atoms with Crippen molar-refractivity contribution in [2.24, 2.45) is 0 Å². The van der Waals surface area contributed by atoms with Gasteiger partial charge in [-0.25, -0.2) is 0 Å². The van der Waals surface area contributed by atoms with Gasteiger partial charge in [0, 0.05) is 22.2 Å². The van der Waals surface area contributed by atoms with E-state index in [1.165, 1.54) is 0 Å². The normalized spacial score (nSPS) is 20.0. The average molecular weight is 344 g/mol. The maximum absolute atomic E-state index is 12.2. The lowest BCUT2D eigenvalue weighted by atomic mass is 10.1. The Morgan fingerprint density at radius 2 is 2.06 bits per heavy atom. The first kappa shape index (κ1) is 12.3. The zero-order valence-corrected chi connectivity index (χ0v) is 11.6. The molecule has 0 saturated carbocycles. The first-order chi connectivity index (χ1) is 8.09. The second kappa shape index (κ2) is 5.03. The van der Waals surface area contributed by atoms with E-state index in [1.807, 2.05) is 12.1 Å². The van der Waals surface area contributed by atoms with Crippen LogP contribution in [0.1, 0.15) is 17.3 Å². The summed E-state index contributed by atoms with van der Waals surface area (Å²) >= 11 is 2.19. The number of hydrogen-bond acceptors (Lipinski definition) is 2. The number of carbonyl (C=O) groups excluding carboxylic acids is 2. The van der Waals surface area contributed by atoms with Crippen LogP contribution in [-0.4, -0.2) is 35.8 Å². The van der Waals surface area contributed by atoms with Crippen LogP contribution in [0.3, 0.4) is 0 Å². The van der Waals surface area contributed by atoms with E-state index < -0.39 is 6.04 Å². The van der Waals surface area contributed by atoms with Gasteiger partial charge in [-0.2, -0.15) is 0 Å². The molecule has 2 amide bonds. The molecule has 90 valence electrons. The van der Waals surface area contributed by atoms with Crippen LogP contribution in [0.2, 0.25) is 0 Å². The molecule has 1 fully saturated rings. The van der Waals surface area contributed by atoms with Crippen molar-refractivity contribution in [3.8, 4) is 0 Å². The topological polar surface area (TPSA) is 49.4 Å². The first-order valence-corrected chi connectivity index (χ1v) is 6.51. The molecule has 0 bridgehead atoms.